The molecule has 7 heteroatoms. The van der Waals surface area contributed by atoms with Crippen molar-refractivity contribution in [3.63, 3.8) is 0 Å². The second-order valence-corrected chi connectivity index (χ2v) is 8.93. The molecular formula is C18H29NO5S. The van der Waals surface area contributed by atoms with E-state index in [9.17, 15) is 13.2 Å². The third-order valence-corrected chi connectivity index (χ3v) is 5.23. The van der Waals surface area contributed by atoms with Crippen LogP contribution in [0.15, 0.2) is 17.0 Å². The summed E-state index contributed by atoms with van der Waals surface area (Å²) in [5, 5.41) is 0. The van der Waals surface area contributed by atoms with Gasteiger partial charge < -0.3 is 4.74 Å². The van der Waals surface area contributed by atoms with Crippen molar-refractivity contribution >= 4 is 16.2 Å². The summed E-state index contributed by atoms with van der Waals surface area (Å²) in [6.07, 6.45) is 0.627. The normalized spacial score (nSPS) is 12.3. The van der Waals surface area contributed by atoms with E-state index in [1.165, 1.54) is 0 Å². The second kappa shape index (κ2) is 8.19. The summed E-state index contributed by atoms with van der Waals surface area (Å²) >= 11 is 0. The standard InChI is InChI=1S/C18H29NO5S/c1-12(2)8-9-18(6,7)23-17(20)19-24-25(21,22)16-14(4)10-13(3)11-15(16)5/h10-12H,8-9H2,1-7H3,(H,19,20). The Morgan fingerprint density at radius 2 is 1.68 bits per heavy atom. The van der Waals surface area contributed by atoms with Crippen molar-refractivity contribution in [1.82, 2.24) is 5.48 Å². The Balaban J connectivity index is 2.75. The van der Waals surface area contributed by atoms with E-state index in [1.54, 1.807) is 39.8 Å². The zero-order chi connectivity index (χ0) is 19.4. The van der Waals surface area contributed by atoms with Crippen molar-refractivity contribution in [2.75, 3.05) is 0 Å². The molecule has 0 spiro atoms. The molecule has 0 aliphatic heterocycles. The molecule has 0 saturated carbocycles. The molecule has 0 heterocycles. The van der Waals surface area contributed by atoms with Crippen LogP contribution in [0.25, 0.3) is 0 Å². The van der Waals surface area contributed by atoms with E-state index >= 15 is 0 Å². The molecule has 0 aliphatic carbocycles. The summed E-state index contributed by atoms with van der Waals surface area (Å²) in [6, 6.07) is 3.49. The van der Waals surface area contributed by atoms with Gasteiger partial charge in [0, 0.05) is 0 Å². The number of hydrogen-bond donors (Lipinski definition) is 1. The fourth-order valence-electron chi connectivity index (χ4n) is 2.65. The molecule has 0 aromatic heterocycles. The molecule has 1 N–H and O–H groups in total. The molecule has 1 amide bonds. The van der Waals surface area contributed by atoms with Crippen LogP contribution in [0.5, 0.6) is 0 Å². The molecule has 1 aromatic rings. The number of amides is 1. The topological polar surface area (TPSA) is 81.7 Å². The lowest BCUT2D eigenvalue weighted by atomic mass is 9.97. The molecule has 0 bridgehead atoms. The maximum atomic E-state index is 12.4. The molecule has 1 aromatic carbocycles. The molecular weight excluding hydrogens is 342 g/mol. The lowest BCUT2D eigenvalue weighted by Crippen LogP contribution is -2.36. The second-order valence-electron chi connectivity index (χ2n) is 7.45. The van der Waals surface area contributed by atoms with Gasteiger partial charge in [-0.3, -0.25) is 0 Å². The Morgan fingerprint density at radius 3 is 2.16 bits per heavy atom. The molecule has 0 atom stereocenters. The number of benzene rings is 1. The van der Waals surface area contributed by atoms with Crippen molar-refractivity contribution < 1.29 is 22.2 Å². The summed E-state index contributed by atoms with van der Waals surface area (Å²) in [7, 11) is -4.13. The maximum absolute atomic E-state index is 12.4. The van der Waals surface area contributed by atoms with Crippen molar-refractivity contribution in [2.45, 2.75) is 71.8 Å². The Kier molecular flexibility index (Phi) is 7.02. The van der Waals surface area contributed by atoms with E-state index in [4.69, 9.17) is 9.02 Å². The minimum Gasteiger partial charge on any atom is -0.442 e. The fourth-order valence-corrected chi connectivity index (χ4v) is 3.82. The number of ether oxygens (including phenoxy) is 1. The van der Waals surface area contributed by atoms with Crippen LogP contribution in [0, 0.1) is 26.7 Å². The molecule has 0 radical (unpaired) electrons. The maximum Gasteiger partial charge on any atom is 0.432 e. The van der Waals surface area contributed by atoms with Gasteiger partial charge in [0.2, 0.25) is 0 Å². The molecule has 142 valence electrons. The number of nitrogens with one attached hydrogen (secondary N) is 1. The Bertz CT molecular complexity index is 700. The first-order valence-electron chi connectivity index (χ1n) is 8.34. The predicted molar refractivity (Wildman–Crippen MR) is 96.7 cm³/mol. The van der Waals surface area contributed by atoms with Crippen molar-refractivity contribution in [1.29, 1.82) is 0 Å². The van der Waals surface area contributed by atoms with Gasteiger partial charge in [-0.05, 0) is 64.5 Å². The van der Waals surface area contributed by atoms with Gasteiger partial charge in [-0.25, -0.2) is 4.79 Å². The molecule has 0 aliphatic rings. The Morgan fingerprint density at radius 1 is 1.16 bits per heavy atom. The van der Waals surface area contributed by atoms with E-state index in [0.717, 1.165) is 12.0 Å². The van der Waals surface area contributed by atoms with Crippen molar-refractivity contribution in [3.05, 3.63) is 28.8 Å². The van der Waals surface area contributed by atoms with Gasteiger partial charge in [0.1, 0.15) is 10.5 Å². The summed E-state index contributed by atoms with van der Waals surface area (Å²) in [6.45, 7) is 13.0. The SMILES string of the molecule is Cc1cc(C)c(S(=O)(=O)ONC(=O)OC(C)(C)CCC(C)C)c(C)c1. The molecule has 0 fully saturated rings. The van der Waals surface area contributed by atoms with Crippen LogP contribution in [-0.2, 0) is 19.1 Å². The molecule has 6 nitrogen and oxygen atoms in total. The average molecular weight is 371 g/mol. The number of hydrogen-bond acceptors (Lipinski definition) is 5. The van der Waals surface area contributed by atoms with Gasteiger partial charge in [-0.1, -0.05) is 31.5 Å². The summed E-state index contributed by atoms with van der Waals surface area (Å²) in [5.41, 5.74) is 3.25. The van der Waals surface area contributed by atoms with Gasteiger partial charge >= 0.3 is 16.2 Å². The first-order chi connectivity index (χ1) is 11.3. The molecule has 0 saturated heterocycles. The quantitative estimate of drug-likeness (QED) is 0.727. The lowest BCUT2D eigenvalue weighted by Gasteiger charge is -2.25. The average Bonchev–Trinajstić information content (AvgIpc) is 2.41. The molecule has 1 rings (SSSR count). The number of carbonyl (C=O) groups excluding carboxylic acids is 1. The smallest absolute Gasteiger partial charge is 0.432 e. The largest absolute Gasteiger partial charge is 0.442 e. The number of hydroxylamine groups is 1. The first kappa shape index (κ1) is 21.4. The third kappa shape index (κ3) is 6.66. The van der Waals surface area contributed by atoms with Gasteiger partial charge in [-0.2, -0.15) is 13.9 Å². The summed E-state index contributed by atoms with van der Waals surface area (Å²) < 4.78 is 34.7. The minimum atomic E-state index is -4.13. The van der Waals surface area contributed by atoms with Crippen LogP contribution in [0.1, 0.15) is 57.2 Å². The predicted octanol–water partition coefficient (Wildman–Crippen LogP) is 4.17. The highest BCUT2D eigenvalue weighted by atomic mass is 32.2. The van der Waals surface area contributed by atoms with E-state index in [0.29, 0.717) is 23.5 Å². The highest BCUT2D eigenvalue weighted by molar-refractivity contribution is 7.86. The van der Waals surface area contributed by atoms with Crippen LogP contribution in [0.2, 0.25) is 0 Å². The fraction of sp³-hybridized carbons (Fsp3) is 0.611. The van der Waals surface area contributed by atoms with E-state index in [2.05, 4.69) is 13.8 Å². The summed E-state index contributed by atoms with van der Waals surface area (Å²) in [4.78, 5) is 11.9. The molecule has 0 unspecified atom stereocenters. The van der Waals surface area contributed by atoms with E-state index < -0.39 is 21.8 Å². The van der Waals surface area contributed by atoms with Crippen LogP contribution in [0.3, 0.4) is 0 Å². The van der Waals surface area contributed by atoms with Crippen LogP contribution in [-0.4, -0.2) is 20.1 Å². The number of rotatable bonds is 7. The van der Waals surface area contributed by atoms with Gasteiger partial charge in [0.05, 0.1) is 0 Å². The highest BCUT2D eigenvalue weighted by Gasteiger charge is 2.26. The van der Waals surface area contributed by atoms with Gasteiger partial charge in [0.25, 0.3) is 0 Å². The van der Waals surface area contributed by atoms with Gasteiger partial charge in [0.15, 0.2) is 0 Å². The highest BCUT2D eigenvalue weighted by Crippen LogP contribution is 2.23. The summed E-state index contributed by atoms with van der Waals surface area (Å²) in [5.74, 6) is 0.482. The Labute approximate surface area is 151 Å². The monoisotopic (exact) mass is 371 g/mol. The van der Waals surface area contributed by atoms with E-state index in [-0.39, 0.29) is 4.90 Å². The zero-order valence-electron chi connectivity index (χ0n) is 16.1. The third-order valence-electron chi connectivity index (χ3n) is 3.78. The van der Waals surface area contributed by atoms with Gasteiger partial charge in [-0.15, -0.1) is 4.28 Å². The first-order valence-corrected chi connectivity index (χ1v) is 9.75. The van der Waals surface area contributed by atoms with Crippen LogP contribution < -0.4 is 5.48 Å². The lowest BCUT2D eigenvalue weighted by molar-refractivity contribution is 0.0105. The number of aryl methyl sites for hydroxylation is 3. The van der Waals surface area contributed by atoms with E-state index in [1.807, 2.05) is 12.4 Å². The minimum absolute atomic E-state index is 0.0532. The number of carbonyl (C=O) groups is 1. The molecule has 25 heavy (non-hydrogen) atoms. The van der Waals surface area contributed by atoms with Crippen LogP contribution in [0.4, 0.5) is 4.79 Å². The van der Waals surface area contributed by atoms with Crippen LogP contribution >= 0.6 is 0 Å². The Hall–Kier alpha value is -1.60. The van der Waals surface area contributed by atoms with Crippen molar-refractivity contribution in [2.24, 2.45) is 5.92 Å². The zero-order valence-corrected chi connectivity index (χ0v) is 16.9. The van der Waals surface area contributed by atoms with Crippen molar-refractivity contribution in [3.8, 4) is 0 Å².